The number of aliphatic carboxylic acids is 1. The van der Waals surface area contributed by atoms with Crippen LogP contribution in [0.2, 0.25) is 0 Å². The number of carboxylic acid groups (broad SMARTS) is 1. The standard InChI is InChI=1S/C19H18FNO3/c1-12-9-14(7-8-17(12)20)18(22)21-10-15(16(11-21)19(23)24)13-5-3-2-4-6-13/h2-9,15-16H,10-11H2,1H3,(H,23,24). The number of rotatable bonds is 3. The molecule has 0 radical (unpaired) electrons. The monoisotopic (exact) mass is 327 g/mol. The molecule has 1 N–H and O–H groups in total. The SMILES string of the molecule is Cc1cc(C(=O)N2CC(C(=O)O)C(c3ccccc3)C2)ccc1F. The number of hydrogen-bond donors (Lipinski definition) is 1. The van der Waals surface area contributed by atoms with Crippen molar-refractivity contribution in [3.63, 3.8) is 0 Å². The van der Waals surface area contributed by atoms with Gasteiger partial charge in [-0.1, -0.05) is 30.3 Å². The van der Waals surface area contributed by atoms with Crippen LogP contribution in [0.1, 0.15) is 27.4 Å². The van der Waals surface area contributed by atoms with E-state index in [0.29, 0.717) is 17.7 Å². The van der Waals surface area contributed by atoms with Gasteiger partial charge < -0.3 is 10.0 Å². The highest BCUT2D eigenvalue weighted by atomic mass is 19.1. The summed E-state index contributed by atoms with van der Waals surface area (Å²) < 4.78 is 13.4. The Morgan fingerprint density at radius 2 is 1.83 bits per heavy atom. The minimum atomic E-state index is -0.908. The third-order valence-corrected chi connectivity index (χ3v) is 4.56. The van der Waals surface area contributed by atoms with Crippen molar-refractivity contribution in [1.82, 2.24) is 4.90 Å². The van der Waals surface area contributed by atoms with Crippen molar-refractivity contribution in [1.29, 1.82) is 0 Å². The first-order valence-electron chi connectivity index (χ1n) is 7.80. The van der Waals surface area contributed by atoms with Crippen molar-refractivity contribution in [2.45, 2.75) is 12.8 Å². The van der Waals surface area contributed by atoms with Crippen LogP contribution < -0.4 is 0 Å². The molecule has 1 aliphatic rings. The Labute approximate surface area is 139 Å². The van der Waals surface area contributed by atoms with E-state index in [9.17, 15) is 19.1 Å². The molecule has 0 bridgehead atoms. The molecule has 0 saturated carbocycles. The van der Waals surface area contributed by atoms with Crippen LogP contribution in [0.3, 0.4) is 0 Å². The van der Waals surface area contributed by atoms with Gasteiger partial charge in [-0.15, -0.1) is 0 Å². The molecular weight excluding hydrogens is 309 g/mol. The number of likely N-dealkylation sites (tertiary alicyclic amines) is 1. The summed E-state index contributed by atoms with van der Waals surface area (Å²) in [7, 11) is 0. The number of halogens is 1. The van der Waals surface area contributed by atoms with Gasteiger partial charge in [-0.2, -0.15) is 0 Å². The van der Waals surface area contributed by atoms with Crippen LogP contribution in [0, 0.1) is 18.7 Å². The number of amides is 1. The summed E-state index contributed by atoms with van der Waals surface area (Å²) in [6.07, 6.45) is 0. The van der Waals surface area contributed by atoms with Crippen molar-refractivity contribution in [2.75, 3.05) is 13.1 Å². The fourth-order valence-electron chi connectivity index (χ4n) is 3.22. The molecule has 1 aliphatic heterocycles. The molecule has 1 fully saturated rings. The molecule has 0 aliphatic carbocycles. The molecule has 4 nitrogen and oxygen atoms in total. The van der Waals surface area contributed by atoms with E-state index in [1.807, 2.05) is 30.3 Å². The van der Waals surface area contributed by atoms with Gasteiger partial charge in [-0.25, -0.2) is 4.39 Å². The van der Waals surface area contributed by atoms with E-state index in [2.05, 4.69) is 0 Å². The summed E-state index contributed by atoms with van der Waals surface area (Å²) in [5.74, 6) is -2.41. The topological polar surface area (TPSA) is 57.6 Å². The largest absolute Gasteiger partial charge is 0.481 e. The van der Waals surface area contributed by atoms with E-state index in [4.69, 9.17) is 0 Å². The third-order valence-electron chi connectivity index (χ3n) is 4.56. The zero-order chi connectivity index (χ0) is 17.3. The number of nitrogens with zero attached hydrogens (tertiary/aromatic N) is 1. The molecule has 124 valence electrons. The van der Waals surface area contributed by atoms with Crippen molar-refractivity contribution in [3.8, 4) is 0 Å². The molecule has 2 unspecified atom stereocenters. The fraction of sp³-hybridized carbons (Fsp3) is 0.263. The van der Waals surface area contributed by atoms with Gasteiger partial charge in [0, 0.05) is 24.6 Å². The lowest BCUT2D eigenvalue weighted by Crippen LogP contribution is -2.30. The minimum absolute atomic E-state index is 0.157. The van der Waals surface area contributed by atoms with Gasteiger partial charge in [0.25, 0.3) is 5.91 Å². The number of benzene rings is 2. The van der Waals surface area contributed by atoms with E-state index in [1.54, 1.807) is 11.8 Å². The number of carbonyl (C=O) groups is 2. The average molecular weight is 327 g/mol. The van der Waals surface area contributed by atoms with Crippen molar-refractivity contribution >= 4 is 11.9 Å². The molecule has 1 heterocycles. The lowest BCUT2D eigenvalue weighted by molar-refractivity contribution is -0.141. The second kappa shape index (κ2) is 6.43. The number of aryl methyl sites for hydroxylation is 1. The second-order valence-corrected chi connectivity index (χ2v) is 6.14. The minimum Gasteiger partial charge on any atom is -0.481 e. The van der Waals surface area contributed by atoms with Crippen LogP contribution >= 0.6 is 0 Å². The van der Waals surface area contributed by atoms with E-state index >= 15 is 0 Å². The van der Waals surface area contributed by atoms with Crippen molar-refractivity contribution < 1.29 is 19.1 Å². The summed E-state index contributed by atoms with van der Waals surface area (Å²) in [4.78, 5) is 25.8. The second-order valence-electron chi connectivity index (χ2n) is 6.14. The first-order valence-corrected chi connectivity index (χ1v) is 7.80. The summed E-state index contributed by atoms with van der Waals surface area (Å²) >= 11 is 0. The van der Waals surface area contributed by atoms with Crippen LogP contribution in [0.25, 0.3) is 0 Å². The summed E-state index contributed by atoms with van der Waals surface area (Å²) in [6, 6.07) is 13.6. The van der Waals surface area contributed by atoms with Crippen molar-refractivity contribution in [2.24, 2.45) is 5.92 Å². The highest BCUT2D eigenvalue weighted by molar-refractivity contribution is 5.95. The number of carboxylic acids is 1. The third kappa shape index (κ3) is 3.02. The summed E-state index contributed by atoms with van der Waals surface area (Å²) in [5.41, 5.74) is 1.69. The van der Waals surface area contributed by atoms with Gasteiger partial charge in [0.05, 0.1) is 5.92 Å². The quantitative estimate of drug-likeness (QED) is 0.942. The molecule has 3 rings (SSSR count). The predicted molar refractivity (Wildman–Crippen MR) is 87.3 cm³/mol. The maximum atomic E-state index is 13.4. The van der Waals surface area contributed by atoms with Gasteiger partial charge >= 0.3 is 5.97 Å². The fourth-order valence-corrected chi connectivity index (χ4v) is 3.22. The van der Waals surface area contributed by atoms with Gasteiger partial charge in [0.2, 0.25) is 0 Å². The maximum absolute atomic E-state index is 13.4. The molecule has 0 aromatic heterocycles. The zero-order valence-corrected chi connectivity index (χ0v) is 13.3. The Morgan fingerprint density at radius 1 is 1.12 bits per heavy atom. The van der Waals surface area contributed by atoms with Crippen LogP contribution in [0.4, 0.5) is 4.39 Å². The van der Waals surface area contributed by atoms with Crippen LogP contribution in [0.5, 0.6) is 0 Å². The Morgan fingerprint density at radius 3 is 2.46 bits per heavy atom. The van der Waals surface area contributed by atoms with E-state index in [1.165, 1.54) is 18.2 Å². The molecule has 1 saturated heterocycles. The Kier molecular flexibility index (Phi) is 4.34. The smallest absolute Gasteiger partial charge is 0.308 e. The number of hydrogen-bond acceptors (Lipinski definition) is 2. The first kappa shape index (κ1) is 16.2. The molecule has 2 aromatic rings. The molecular formula is C19H18FNO3. The molecule has 2 atom stereocenters. The molecule has 2 aromatic carbocycles. The lowest BCUT2D eigenvalue weighted by atomic mass is 9.89. The highest BCUT2D eigenvalue weighted by Crippen LogP contribution is 2.33. The summed E-state index contributed by atoms with van der Waals surface area (Å²) in [5, 5.41) is 9.51. The van der Waals surface area contributed by atoms with Gasteiger partial charge in [0.15, 0.2) is 0 Å². The normalized spacial score (nSPS) is 20.2. The maximum Gasteiger partial charge on any atom is 0.308 e. The average Bonchev–Trinajstić information content (AvgIpc) is 3.03. The van der Waals surface area contributed by atoms with Crippen LogP contribution in [-0.2, 0) is 4.79 Å². The van der Waals surface area contributed by atoms with Gasteiger partial charge in [-0.3, -0.25) is 9.59 Å². The van der Waals surface area contributed by atoms with Gasteiger partial charge in [-0.05, 0) is 36.2 Å². The molecule has 1 amide bonds. The highest BCUT2D eigenvalue weighted by Gasteiger charge is 2.40. The lowest BCUT2D eigenvalue weighted by Gasteiger charge is -2.17. The van der Waals surface area contributed by atoms with Crippen LogP contribution in [-0.4, -0.2) is 35.0 Å². The zero-order valence-electron chi connectivity index (χ0n) is 13.3. The summed E-state index contributed by atoms with van der Waals surface area (Å²) in [6.45, 7) is 2.10. The first-order chi connectivity index (χ1) is 11.5. The Bertz CT molecular complexity index is 775. The van der Waals surface area contributed by atoms with Crippen LogP contribution in [0.15, 0.2) is 48.5 Å². The van der Waals surface area contributed by atoms with E-state index in [0.717, 1.165) is 5.56 Å². The Hall–Kier alpha value is -2.69. The Balaban J connectivity index is 1.86. The molecule has 24 heavy (non-hydrogen) atoms. The molecule has 0 spiro atoms. The molecule has 5 heteroatoms. The van der Waals surface area contributed by atoms with Gasteiger partial charge in [0.1, 0.15) is 5.82 Å². The van der Waals surface area contributed by atoms with Crippen molar-refractivity contribution in [3.05, 3.63) is 71.0 Å². The number of carbonyl (C=O) groups excluding carboxylic acids is 1. The van der Waals surface area contributed by atoms with E-state index < -0.39 is 11.9 Å². The predicted octanol–water partition coefficient (Wildman–Crippen LogP) is 3.07. The van der Waals surface area contributed by atoms with E-state index in [-0.39, 0.29) is 24.2 Å².